The summed E-state index contributed by atoms with van der Waals surface area (Å²) in [5.41, 5.74) is 0.435. The Balaban J connectivity index is 2.00. The Labute approximate surface area is 114 Å². The second-order valence-corrected chi connectivity index (χ2v) is 8.03. The first-order chi connectivity index (χ1) is 7.97. The van der Waals surface area contributed by atoms with E-state index in [1.165, 1.54) is 30.6 Å². The van der Waals surface area contributed by atoms with Crippen LogP contribution in [0.15, 0.2) is 17.5 Å². The fraction of sp³-hybridized carbons (Fsp3) is 0.733. The van der Waals surface area contributed by atoms with E-state index in [0.717, 1.165) is 5.92 Å². The first kappa shape index (κ1) is 13.4. The third kappa shape index (κ3) is 3.48. The Kier molecular flexibility index (Phi) is 4.20. The lowest BCUT2D eigenvalue weighted by Gasteiger charge is -2.40. The van der Waals surface area contributed by atoms with Gasteiger partial charge in [-0.1, -0.05) is 26.8 Å². The number of hydrogen-bond acceptors (Lipinski definition) is 1. The van der Waals surface area contributed by atoms with Crippen LogP contribution in [-0.4, -0.2) is 5.38 Å². The Hall–Kier alpha value is -0.0100. The van der Waals surface area contributed by atoms with Crippen molar-refractivity contribution in [3.63, 3.8) is 0 Å². The van der Waals surface area contributed by atoms with E-state index >= 15 is 0 Å². The van der Waals surface area contributed by atoms with Crippen molar-refractivity contribution in [2.24, 2.45) is 17.3 Å². The summed E-state index contributed by atoms with van der Waals surface area (Å²) in [6.07, 6.45) is 4.98. The van der Waals surface area contributed by atoms with Crippen molar-refractivity contribution in [1.82, 2.24) is 0 Å². The van der Waals surface area contributed by atoms with Crippen molar-refractivity contribution in [2.45, 2.75) is 51.8 Å². The van der Waals surface area contributed by atoms with Gasteiger partial charge in [-0.05, 0) is 54.4 Å². The van der Waals surface area contributed by atoms with Crippen LogP contribution in [-0.2, 0) is 6.42 Å². The van der Waals surface area contributed by atoms with Gasteiger partial charge in [0, 0.05) is 10.3 Å². The first-order valence-corrected chi connectivity index (χ1v) is 7.95. The predicted molar refractivity (Wildman–Crippen MR) is 78.0 cm³/mol. The van der Waals surface area contributed by atoms with Gasteiger partial charge in [0.25, 0.3) is 0 Å². The fourth-order valence-electron chi connectivity index (χ4n) is 2.91. The molecule has 1 aromatic rings. The van der Waals surface area contributed by atoms with Gasteiger partial charge in [0.2, 0.25) is 0 Å². The number of rotatable bonds is 2. The summed E-state index contributed by atoms with van der Waals surface area (Å²) in [5, 5.41) is 2.55. The van der Waals surface area contributed by atoms with E-state index in [4.69, 9.17) is 11.6 Å². The van der Waals surface area contributed by atoms with E-state index in [1.807, 2.05) is 11.3 Å². The molecule has 0 amide bonds. The number of halogens is 1. The zero-order chi connectivity index (χ0) is 12.5. The fourth-order valence-corrected chi connectivity index (χ4v) is 4.03. The van der Waals surface area contributed by atoms with Gasteiger partial charge in [0.1, 0.15) is 0 Å². The summed E-state index contributed by atoms with van der Waals surface area (Å²) >= 11 is 8.39. The molecule has 17 heavy (non-hydrogen) atoms. The van der Waals surface area contributed by atoms with E-state index in [-0.39, 0.29) is 0 Å². The highest BCUT2D eigenvalue weighted by Gasteiger charge is 2.35. The lowest BCUT2D eigenvalue weighted by atomic mass is 9.68. The maximum Gasteiger partial charge on any atom is 0.0367 e. The van der Waals surface area contributed by atoms with E-state index < -0.39 is 0 Å². The maximum absolute atomic E-state index is 6.52. The van der Waals surface area contributed by atoms with Crippen LogP contribution < -0.4 is 0 Å². The maximum atomic E-state index is 6.52. The van der Waals surface area contributed by atoms with Crippen LogP contribution >= 0.6 is 22.9 Å². The molecule has 1 heterocycles. The molecule has 0 bridgehead atoms. The van der Waals surface area contributed by atoms with Gasteiger partial charge in [-0.25, -0.2) is 0 Å². The molecule has 1 aliphatic rings. The SMILES string of the molecule is CC(C)(C)C1CCC(Cl)C(Cc2cccs2)C1. The summed E-state index contributed by atoms with van der Waals surface area (Å²) in [5.74, 6) is 1.51. The Morgan fingerprint density at radius 2 is 2.12 bits per heavy atom. The minimum absolute atomic E-state index is 0.385. The van der Waals surface area contributed by atoms with Crippen molar-refractivity contribution in [1.29, 1.82) is 0 Å². The van der Waals surface area contributed by atoms with E-state index in [0.29, 0.717) is 16.7 Å². The Bertz CT molecular complexity index is 336. The lowest BCUT2D eigenvalue weighted by molar-refractivity contribution is 0.144. The molecule has 3 atom stereocenters. The minimum atomic E-state index is 0.385. The Morgan fingerprint density at radius 1 is 1.35 bits per heavy atom. The molecular formula is C15H23ClS. The molecule has 1 aliphatic carbocycles. The standard InChI is InChI=1S/C15H23ClS/c1-15(2,3)12-6-7-14(16)11(9-12)10-13-5-4-8-17-13/h4-5,8,11-12,14H,6-7,9-10H2,1-3H3. The molecule has 3 unspecified atom stereocenters. The zero-order valence-electron chi connectivity index (χ0n) is 11.1. The molecule has 1 saturated carbocycles. The topological polar surface area (TPSA) is 0 Å². The zero-order valence-corrected chi connectivity index (χ0v) is 12.7. The monoisotopic (exact) mass is 270 g/mol. The predicted octanol–water partition coefficient (Wildman–Crippen LogP) is 5.36. The molecule has 1 fully saturated rings. The molecule has 0 aliphatic heterocycles. The summed E-state index contributed by atoms with van der Waals surface area (Å²) in [6.45, 7) is 7.11. The third-order valence-electron chi connectivity index (χ3n) is 4.16. The quantitative estimate of drug-likeness (QED) is 0.635. The van der Waals surface area contributed by atoms with Gasteiger partial charge < -0.3 is 0 Å². The second kappa shape index (κ2) is 5.32. The smallest absolute Gasteiger partial charge is 0.0367 e. The minimum Gasteiger partial charge on any atom is -0.149 e. The molecule has 0 spiro atoms. The number of alkyl halides is 1. The summed E-state index contributed by atoms with van der Waals surface area (Å²) in [7, 11) is 0. The van der Waals surface area contributed by atoms with E-state index in [9.17, 15) is 0 Å². The molecule has 0 N–H and O–H groups in total. The highest BCUT2D eigenvalue weighted by Crippen LogP contribution is 2.43. The summed E-state index contributed by atoms with van der Waals surface area (Å²) < 4.78 is 0. The average molecular weight is 271 g/mol. The van der Waals surface area contributed by atoms with Gasteiger partial charge in [-0.15, -0.1) is 22.9 Å². The van der Waals surface area contributed by atoms with Crippen LogP contribution in [0.5, 0.6) is 0 Å². The van der Waals surface area contributed by atoms with Crippen LogP contribution in [0.25, 0.3) is 0 Å². The van der Waals surface area contributed by atoms with Crippen LogP contribution in [0.2, 0.25) is 0 Å². The normalized spacial score (nSPS) is 30.5. The first-order valence-electron chi connectivity index (χ1n) is 6.63. The summed E-state index contributed by atoms with van der Waals surface area (Å²) in [6, 6.07) is 4.39. The molecular weight excluding hydrogens is 248 g/mol. The van der Waals surface area contributed by atoms with Gasteiger partial charge in [0.05, 0.1) is 0 Å². The average Bonchev–Trinajstić information content (AvgIpc) is 2.72. The molecule has 2 heteroatoms. The van der Waals surface area contributed by atoms with E-state index in [1.54, 1.807) is 0 Å². The van der Waals surface area contributed by atoms with Crippen LogP contribution in [0, 0.1) is 17.3 Å². The molecule has 2 rings (SSSR count). The van der Waals surface area contributed by atoms with E-state index in [2.05, 4.69) is 38.3 Å². The molecule has 0 nitrogen and oxygen atoms in total. The van der Waals surface area contributed by atoms with Gasteiger partial charge in [-0.2, -0.15) is 0 Å². The van der Waals surface area contributed by atoms with Crippen LogP contribution in [0.3, 0.4) is 0 Å². The van der Waals surface area contributed by atoms with Crippen molar-refractivity contribution < 1.29 is 0 Å². The van der Waals surface area contributed by atoms with Gasteiger partial charge in [-0.3, -0.25) is 0 Å². The second-order valence-electron chi connectivity index (χ2n) is 6.44. The summed E-state index contributed by atoms with van der Waals surface area (Å²) in [4.78, 5) is 1.50. The number of thiophene rings is 1. The number of hydrogen-bond donors (Lipinski definition) is 0. The third-order valence-corrected chi connectivity index (χ3v) is 5.63. The van der Waals surface area contributed by atoms with Gasteiger partial charge >= 0.3 is 0 Å². The largest absolute Gasteiger partial charge is 0.149 e. The highest BCUT2D eigenvalue weighted by atomic mass is 35.5. The lowest BCUT2D eigenvalue weighted by Crippen LogP contribution is -2.33. The van der Waals surface area contributed by atoms with Crippen LogP contribution in [0.1, 0.15) is 44.9 Å². The highest BCUT2D eigenvalue weighted by molar-refractivity contribution is 7.09. The van der Waals surface area contributed by atoms with Crippen molar-refractivity contribution in [3.8, 4) is 0 Å². The molecule has 1 aromatic heterocycles. The molecule has 0 radical (unpaired) electrons. The Morgan fingerprint density at radius 3 is 2.71 bits per heavy atom. The van der Waals surface area contributed by atoms with Crippen LogP contribution in [0.4, 0.5) is 0 Å². The molecule has 96 valence electrons. The molecule has 0 saturated heterocycles. The van der Waals surface area contributed by atoms with Crippen molar-refractivity contribution >= 4 is 22.9 Å². The van der Waals surface area contributed by atoms with Crippen molar-refractivity contribution in [3.05, 3.63) is 22.4 Å². The van der Waals surface area contributed by atoms with Crippen molar-refractivity contribution in [2.75, 3.05) is 0 Å². The van der Waals surface area contributed by atoms with Gasteiger partial charge in [0.15, 0.2) is 0 Å². The molecule has 0 aromatic carbocycles.